The van der Waals surface area contributed by atoms with Crippen LogP contribution < -0.4 is 0 Å². The monoisotopic (exact) mass is 226 g/mol. The molecule has 0 aliphatic rings. The van der Waals surface area contributed by atoms with Crippen molar-refractivity contribution < 1.29 is 32.6 Å². The molecule has 0 saturated heterocycles. The first-order valence-corrected chi connectivity index (χ1v) is 3.44. The highest BCUT2D eigenvalue weighted by molar-refractivity contribution is 5.86. The third-order valence-electron chi connectivity index (χ3n) is 0.988. The Balaban J connectivity index is 0. The lowest BCUT2D eigenvalue weighted by atomic mass is 10.3. The molecule has 0 aliphatic heterocycles. The van der Waals surface area contributed by atoms with Gasteiger partial charge in [-0.1, -0.05) is 6.58 Å². The first-order valence-electron chi connectivity index (χ1n) is 3.44. The molecule has 15 heavy (non-hydrogen) atoms. The van der Waals surface area contributed by atoms with Crippen molar-refractivity contribution in [2.75, 3.05) is 13.8 Å². The summed E-state index contributed by atoms with van der Waals surface area (Å²) in [5.41, 5.74) is -1.48. The van der Waals surface area contributed by atoms with Crippen LogP contribution in [0.15, 0.2) is 24.3 Å². The van der Waals surface area contributed by atoms with Gasteiger partial charge in [-0.15, -0.1) is 0 Å². The van der Waals surface area contributed by atoms with Crippen LogP contribution in [0.25, 0.3) is 0 Å². The molecule has 0 fully saturated rings. The zero-order valence-corrected chi connectivity index (χ0v) is 7.80. The van der Waals surface area contributed by atoms with Crippen molar-refractivity contribution in [1.29, 1.82) is 0 Å². The van der Waals surface area contributed by atoms with Gasteiger partial charge in [-0.25, -0.2) is 14.0 Å². The Morgan fingerprint density at radius 1 is 1.47 bits per heavy atom. The number of carboxylic acid groups (broad SMARTS) is 1. The number of hydrogen-bond acceptors (Lipinski definition) is 3. The molecule has 0 aliphatic carbocycles. The molecule has 0 saturated carbocycles. The highest BCUT2D eigenvalue weighted by Gasteiger charge is 2.13. The molecule has 0 bridgehead atoms. The molecule has 0 heterocycles. The normalized spacial score (nSPS) is 8.00. The second kappa shape index (κ2) is 8.79. The van der Waals surface area contributed by atoms with E-state index in [1.807, 2.05) is 0 Å². The van der Waals surface area contributed by atoms with Crippen molar-refractivity contribution in [3.63, 3.8) is 0 Å². The van der Waals surface area contributed by atoms with E-state index in [0.717, 1.165) is 6.08 Å². The molecular weight excluding hydrogens is 217 g/mol. The summed E-state index contributed by atoms with van der Waals surface area (Å²) in [5, 5.41) is 7.77. The van der Waals surface area contributed by atoms with Gasteiger partial charge in [0.25, 0.3) is 6.08 Å². The van der Waals surface area contributed by atoms with Gasteiger partial charge in [-0.2, -0.15) is 8.78 Å². The number of carbonyl (C=O) groups excluding carboxylic acids is 1. The number of ether oxygens (including phenoxy) is 1. The highest BCUT2D eigenvalue weighted by atomic mass is 19.3. The van der Waals surface area contributed by atoms with Gasteiger partial charge in [0.15, 0.2) is 0 Å². The highest BCUT2D eigenvalue weighted by Crippen LogP contribution is 2.07. The van der Waals surface area contributed by atoms with Crippen molar-refractivity contribution in [3.8, 4) is 0 Å². The molecular formula is C8H9F3O4. The standard InChI is InChI=1S/C4H3F3O2.C4H6O2/c5-1-2(3(6)7)4(8)9;1-3-4(5)6-2/h1H2,(H,8,9);3H,1H2,2H3. The second-order valence-electron chi connectivity index (χ2n) is 1.91. The first-order chi connectivity index (χ1) is 6.90. The summed E-state index contributed by atoms with van der Waals surface area (Å²) in [7, 11) is 1.31. The minimum absolute atomic E-state index is 0.394. The smallest absolute Gasteiger partial charge is 0.339 e. The van der Waals surface area contributed by atoms with Gasteiger partial charge >= 0.3 is 11.9 Å². The zero-order valence-electron chi connectivity index (χ0n) is 7.80. The van der Waals surface area contributed by atoms with Crippen LogP contribution in [0.5, 0.6) is 0 Å². The number of carbonyl (C=O) groups is 2. The summed E-state index contributed by atoms with van der Waals surface area (Å²) in [6, 6.07) is 0. The third-order valence-corrected chi connectivity index (χ3v) is 0.988. The third kappa shape index (κ3) is 8.54. The van der Waals surface area contributed by atoms with E-state index in [4.69, 9.17) is 5.11 Å². The van der Waals surface area contributed by atoms with E-state index >= 15 is 0 Å². The summed E-state index contributed by atoms with van der Waals surface area (Å²) in [4.78, 5) is 19.4. The fourth-order valence-electron chi connectivity index (χ4n) is 0.272. The summed E-state index contributed by atoms with van der Waals surface area (Å²) < 4.78 is 37.8. The summed E-state index contributed by atoms with van der Waals surface area (Å²) in [6.07, 6.45) is -1.37. The lowest BCUT2D eigenvalue weighted by Gasteiger charge is -1.89. The van der Waals surface area contributed by atoms with Crippen molar-refractivity contribution in [2.24, 2.45) is 0 Å². The minimum atomic E-state index is -2.48. The fraction of sp³-hybridized carbons (Fsp3) is 0.250. The number of aliphatic carboxylic acids is 1. The lowest BCUT2D eigenvalue weighted by molar-refractivity contribution is -0.135. The number of methoxy groups -OCH3 is 1. The van der Waals surface area contributed by atoms with E-state index in [9.17, 15) is 22.8 Å². The van der Waals surface area contributed by atoms with E-state index in [-0.39, 0.29) is 0 Å². The van der Waals surface area contributed by atoms with Gasteiger partial charge in [0.2, 0.25) is 0 Å². The number of esters is 1. The minimum Gasteiger partial charge on any atom is -0.478 e. The van der Waals surface area contributed by atoms with Gasteiger partial charge in [0.1, 0.15) is 12.2 Å². The van der Waals surface area contributed by atoms with Gasteiger partial charge in [-0.05, 0) is 0 Å². The van der Waals surface area contributed by atoms with Gasteiger partial charge in [-0.3, -0.25) is 0 Å². The van der Waals surface area contributed by atoms with Crippen molar-refractivity contribution >= 4 is 11.9 Å². The van der Waals surface area contributed by atoms with Crippen molar-refractivity contribution in [3.05, 3.63) is 24.3 Å². The SMILES string of the molecule is C=CC(=O)OC.O=C(O)C(CF)=C(F)F. The van der Waals surface area contributed by atoms with Crippen LogP contribution in [-0.4, -0.2) is 30.8 Å². The number of carboxylic acids is 1. The molecule has 0 aromatic heterocycles. The number of alkyl halides is 1. The predicted octanol–water partition coefficient (Wildman–Crippen LogP) is 1.54. The maximum Gasteiger partial charge on any atom is 0.339 e. The molecule has 0 aromatic rings. The summed E-state index contributed by atoms with van der Waals surface area (Å²) in [6.45, 7) is 1.52. The van der Waals surface area contributed by atoms with E-state index in [0.29, 0.717) is 0 Å². The van der Waals surface area contributed by atoms with Crippen LogP contribution in [0, 0.1) is 0 Å². The topological polar surface area (TPSA) is 63.6 Å². The molecule has 4 nitrogen and oxygen atoms in total. The number of halogens is 3. The quantitative estimate of drug-likeness (QED) is 0.585. The first kappa shape index (κ1) is 15.7. The Kier molecular flexibility index (Phi) is 9.19. The number of rotatable bonds is 3. The molecule has 0 radical (unpaired) electrons. The predicted molar refractivity (Wildman–Crippen MR) is 45.1 cm³/mol. The van der Waals surface area contributed by atoms with E-state index in [1.165, 1.54) is 7.11 Å². The van der Waals surface area contributed by atoms with Crippen LogP contribution in [0.1, 0.15) is 0 Å². The molecule has 0 aromatic carbocycles. The second-order valence-corrected chi connectivity index (χ2v) is 1.91. The summed E-state index contributed by atoms with van der Waals surface area (Å²) >= 11 is 0. The lowest BCUT2D eigenvalue weighted by Crippen LogP contribution is -2.02. The summed E-state index contributed by atoms with van der Waals surface area (Å²) in [5.74, 6) is -2.31. The Morgan fingerprint density at radius 2 is 1.93 bits per heavy atom. The number of hydrogen-bond donors (Lipinski definition) is 1. The molecule has 0 unspecified atom stereocenters. The van der Waals surface area contributed by atoms with Crippen LogP contribution in [0.3, 0.4) is 0 Å². The molecule has 0 spiro atoms. The largest absolute Gasteiger partial charge is 0.478 e. The Labute approximate surface area is 83.6 Å². The van der Waals surface area contributed by atoms with E-state index in [2.05, 4.69) is 11.3 Å². The van der Waals surface area contributed by atoms with Gasteiger partial charge in [0, 0.05) is 6.08 Å². The maximum absolute atomic E-state index is 11.2. The van der Waals surface area contributed by atoms with Gasteiger partial charge in [0.05, 0.1) is 7.11 Å². The van der Waals surface area contributed by atoms with Crippen LogP contribution in [0.4, 0.5) is 13.2 Å². The Morgan fingerprint density at radius 3 is 1.93 bits per heavy atom. The van der Waals surface area contributed by atoms with Gasteiger partial charge < -0.3 is 9.84 Å². The molecule has 0 amide bonds. The Bertz CT molecular complexity index is 269. The average Bonchev–Trinajstić information content (AvgIpc) is 2.17. The maximum atomic E-state index is 11.2. The van der Waals surface area contributed by atoms with E-state index in [1.54, 1.807) is 0 Å². The van der Waals surface area contributed by atoms with Crippen LogP contribution in [-0.2, 0) is 14.3 Å². The fourth-order valence-corrected chi connectivity index (χ4v) is 0.272. The average molecular weight is 226 g/mol. The molecule has 86 valence electrons. The van der Waals surface area contributed by atoms with Crippen molar-refractivity contribution in [2.45, 2.75) is 0 Å². The molecule has 7 heteroatoms. The van der Waals surface area contributed by atoms with Crippen LogP contribution in [0.2, 0.25) is 0 Å². The zero-order chi connectivity index (χ0) is 12.4. The molecule has 1 N–H and O–H groups in total. The van der Waals surface area contributed by atoms with E-state index < -0.39 is 30.3 Å². The Hall–Kier alpha value is -1.79. The van der Waals surface area contributed by atoms with Crippen LogP contribution >= 0.6 is 0 Å². The van der Waals surface area contributed by atoms with Crippen molar-refractivity contribution in [1.82, 2.24) is 0 Å². The molecule has 0 rings (SSSR count). The molecule has 0 atom stereocenters.